The Morgan fingerprint density at radius 3 is 2.58 bits per heavy atom. The van der Waals surface area contributed by atoms with Crippen LogP contribution in [0.2, 0.25) is 0 Å². The molecule has 1 aromatic carbocycles. The fourth-order valence-corrected chi connectivity index (χ4v) is 2.43. The highest BCUT2D eigenvalue weighted by atomic mass is 16.5. The second-order valence-electron chi connectivity index (χ2n) is 4.88. The van der Waals surface area contributed by atoms with Gasteiger partial charge in [0.15, 0.2) is 6.17 Å². The summed E-state index contributed by atoms with van der Waals surface area (Å²) in [6, 6.07) is 8.31. The molecular weight excluding hydrogens is 240 g/mol. The van der Waals surface area contributed by atoms with E-state index in [4.69, 9.17) is 4.74 Å². The lowest BCUT2D eigenvalue weighted by Crippen LogP contribution is -2.49. The molecule has 1 atom stereocenters. The van der Waals surface area contributed by atoms with Gasteiger partial charge in [0, 0.05) is 13.1 Å². The molecule has 0 saturated carbocycles. The first-order valence-electron chi connectivity index (χ1n) is 6.54. The van der Waals surface area contributed by atoms with E-state index in [0.29, 0.717) is 0 Å². The first-order valence-corrected chi connectivity index (χ1v) is 6.54. The predicted octanol–water partition coefficient (Wildman–Crippen LogP) is 2.35. The zero-order chi connectivity index (χ0) is 13.2. The van der Waals surface area contributed by atoms with Crippen LogP contribution in [0.1, 0.15) is 5.56 Å². The first-order chi connectivity index (χ1) is 9.25. The van der Waals surface area contributed by atoms with E-state index in [9.17, 15) is 0 Å². The minimum absolute atomic E-state index is 0.0200. The molecule has 0 radical (unpaired) electrons. The Balaban J connectivity index is 1.84. The van der Waals surface area contributed by atoms with Gasteiger partial charge < -0.3 is 4.74 Å². The molecule has 1 unspecified atom stereocenters. The van der Waals surface area contributed by atoms with E-state index >= 15 is 0 Å². The Bertz CT molecular complexity index is 491. The summed E-state index contributed by atoms with van der Waals surface area (Å²) in [6.07, 6.45) is 0.0200. The molecule has 1 fully saturated rings. The van der Waals surface area contributed by atoms with Crippen LogP contribution >= 0.6 is 0 Å². The Morgan fingerprint density at radius 1 is 1.21 bits per heavy atom. The van der Waals surface area contributed by atoms with Gasteiger partial charge in [-0.15, -0.1) is 5.11 Å². The largest absolute Gasteiger partial charge is 0.379 e. The zero-order valence-corrected chi connectivity index (χ0v) is 11.1. The van der Waals surface area contributed by atoms with E-state index in [-0.39, 0.29) is 6.17 Å². The van der Waals surface area contributed by atoms with Crippen molar-refractivity contribution in [3.05, 3.63) is 42.1 Å². The molecule has 2 aliphatic rings. The topological polar surface area (TPSA) is 40.4 Å². The van der Waals surface area contributed by atoms with Crippen molar-refractivity contribution in [3.63, 3.8) is 0 Å². The molecule has 1 saturated heterocycles. The van der Waals surface area contributed by atoms with Crippen LogP contribution in [0.5, 0.6) is 0 Å². The Kier molecular flexibility index (Phi) is 3.31. The van der Waals surface area contributed by atoms with E-state index in [1.807, 2.05) is 5.01 Å². The maximum absolute atomic E-state index is 5.40. The Hall–Kier alpha value is -1.72. The van der Waals surface area contributed by atoms with Crippen molar-refractivity contribution < 1.29 is 4.74 Å². The average Bonchev–Trinajstić information content (AvgIpc) is 2.82. The van der Waals surface area contributed by atoms with Crippen LogP contribution < -0.4 is 5.01 Å². The van der Waals surface area contributed by atoms with Crippen LogP contribution in [0.3, 0.4) is 0 Å². The maximum Gasteiger partial charge on any atom is 0.150 e. The number of rotatable bonds is 2. The third kappa shape index (κ3) is 2.39. The summed E-state index contributed by atoms with van der Waals surface area (Å²) in [5.74, 6) is 0. The average molecular weight is 258 g/mol. The minimum atomic E-state index is 0.0200. The highest BCUT2D eigenvalue weighted by molar-refractivity contribution is 5.50. The summed E-state index contributed by atoms with van der Waals surface area (Å²) < 4.78 is 5.40. The minimum Gasteiger partial charge on any atom is -0.379 e. The van der Waals surface area contributed by atoms with Gasteiger partial charge in [-0.2, -0.15) is 0 Å². The molecule has 2 aliphatic heterocycles. The molecule has 0 amide bonds. The molecular formula is C14H18N4O. The molecule has 0 N–H and O–H groups in total. The van der Waals surface area contributed by atoms with Gasteiger partial charge >= 0.3 is 0 Å². The summed E-state index contributed by atoms with van der Waals surface area (Å²) in [7, 11) is 0. The highest BCUT2D eigenvalue weighted by Crippen LogP contribution is 2.29. The third-order valence-electron chi connectivity index (χ3n) is 3.49. The standard InChI is InChI=1S/C14H18N4O/c1-11-3-5-13(6-4-11)18-14(12(2)15-16-18)17-7-9-19-10-8-17/h3-6,14H,2,7-10H2,1H3. The van der Waals surface area contributed by atoms with E-state index < -0.39 is 0 Å². The van der Waals surface area contributed by atoms with Gasteiger partial charge in [0.2, 0.25) is 0 Å². The predicted molar refractivity (Wildman–Crippen MR) is 73.8 cm³/mol. The second kappa shape index (κ2) is 5.11. The van der Waals surface area contributed by atoms with Gasteiger partial charge in [0.1, 0.15) is 0 Å². The van der Waals surface area contributed by atoms with Crippen molar-refractivity contribution in [3.8, 4) is 0 Å². The van der Waals surface area contributed by atoms with Gasteiger partial charge in [-0.05, 0) is 19.1 Å². The summed E-state index contributed by atoms with van der Waals surface area (Å²) in [4.78, 5) is 2.31. The second-order valence-corrected chi connectivity index (χ2v) is 4.88. The van der Waals surface area contributed by atoms with Gasteiger partial charge in [-0.1, -0.05) is 29.5 Å². The molecule has 0 aliphatic carbocycles. The maximum atomic E-state index is 5.40. The lowest BCUT2D eigenvalue weighted by Gasteiger charge is -2.35. The summed E-state index contributed by atoms with van der Waals surface area (Å²) in [5.41, 5.74) is 3.08. The Labute approximate surface area is 113 Å². The molecule has 0 spiro atoms. The number of nitrogens with zero attached hydrogens (tertiary/aromatic N) is 4. The van der Waals surface area contributed by atoms with Gasteiger partial charge in [0.25, 0.3) is 0 Å². The molecule has 5 heteroatoms. The molecule has 0 aromatic heterocycles. The number of ether oxygens (including phenoxy) is 1. The smallest absolute Gasteiger partial charge is 0.150 e. The first kappa shape index (κ1) is 12.3. The van der Waals surface area contributed by atoms with E-state index in [0.717, 1.165) is 37.7 Å². The van der Waals surface area contributed by atoms with Crippen molar-refractivity contribution in [2.45, 2.75) is 13.1 Å². The van der Waals surface area contributed by atoms with Crippen LogP contribution in [-0.2, 0) is 4.74 Å². The highest BCUT2D eigenvalue weighted by Gasteiger charge is 2.33. The van der Waals surface area contributed by atoms with Crippen molar-refractivity contribution in [2.24, 2.45) is 10.3 Å². The summed E-state index contributed by atoms with van der Waals surface area (Å²) in [5, 5.41) is 10.3. The normalized spacial score (nSPS) is 24.2. The van der Waals surface area contributed by atoms with Crippen LogP contribution in [-0.4, -0.2) is 37.4 Å². The lowest BCUT2D eigenvalue weighted by molar-refractivity contribution is 0.0247. The zero-order valence-electron chi connectivity index (χ0n) is 11.1. The number of hydrogen-bond acceptors (Lipinski definition) is 5. The lowest BCUT2D eigenvalue weighted by atomic mass is 10.2. The molecule has 2 heterocycles. The quantitative estimate of drug-likeness (QED) is 0.817. The molecule has 100 valence electrons. The Morgan fingerprint density at radius 2 is 1.89 bits per heavy atom. The van der Waals surface area contributed by atoms with Crippen LogP contribution in [0.15, 0.2) is 46.9 Å². The molecule has 19 heavy (non-hydrogen) atoms. The summed E-state index contributed by atoms with van der Waals surface area (Å²) in [6.45, 7) is 9.38. The molecule has 5 nitrogen and oxygen atoms in total. The fourth-order valence-electron chi connectivity index (χ4n) is 2.43. The van der Waals surface area contributed by atoms with Crippen LogP contribution in [0.25, 0.3) is 0 Å². The van der Waals surface area contributed by atoms with Gasteiger partial charge in [-0.25, -0.2) is 5.01 Å². The van der Waals surface area contributed by atoms with Crippen molar-refractivity contribution >= 4 is 5.69 Å². The van der Waals surface area contributed by atoms with Crippen LogP contribution in [0.4, 0.5) is 5.69 Å². The third-order valence-corrected chi connectivity index (χ3v) is 3.49. The van der Waals surface area contributed by atoms with E-state index in [2.05, 4.69) is 53.0 Å². The van der Waals surface area contributed by atoms with Crippen LogP contribution in [0, 0.1) is 6.92 Å². The number of benzene rings is 1. The van der Waals surface area contributed by atoms with Crippen molar-refractivity contribution in [2.75, 3.05) is 31.3 Å². The van der Waals surface area contributed by atoms with Gasteiger partial charge in [-0.3, -0.25) is 4.90 Å². The number of anilines is 1. The number of hydrogen-bond donors (Lipinski definition) is 0. The van der Waals surface area contributed by atoms with Crippen molar-refractivity contribution in [1.82, 2.24) is 4.90 Å². The van der Waals surface area contributed by atoms with Gasteiger partial charge in [0.05, 0.1) is 24.6 Å². The number of aryl methyl sites for hydroxylation is 1. The van der Waals surface area contributed by atoms with E-state index in [1.54, 1.807) is 0 Å². The number of morpholine rings is 1. The van der Waals surface area contributed by atoms with Crippen molar-refractivity contribution in [1.29, 1.82) is 0 Å². The summed E-state index contributed by atoms with van der Waals surface area (Å²) >= 11 is 0. The fraction of sp³-hybridized carbons (Fsp3) is 0.429. The molecule has 0 bridgehead atoms. The molecule has 3 rings (SSSR count). The molecule has 1 aromatic rings. The monoisotopic (exact) mass is 258 g/mol. The van der Waals surface area contributed by atoms with E-state index in [1.165, 1.54) is 5.56 Å². The SMILES string of the molecule is C=C1N=NN(c2ccc(C)cc2)C1N1CCOCC1.